The van der Waals surface area contributed by atoms with Crippen LogP contribution in [0.2, 0.25) is 5.02 Å². The van der Waals surface area contributed by atoms with Crippen molar-refractivity contribution in [1.82, 2.24) is 9.80 Å². The lowest BCUT2D eigenvalue weighted by Gasteiger charge is -2.35. The van der Waals surface area contributed by atoms with E-state index in [1.54, 1.807) is 36.1 Å². The Bertz CT molecular complexity index is 789. The van der Waals surface area contributed by atoms with Crippen molar-refractivity contribution in [3.63, 3.8) is 0 Å². The highest BCUT2D eigenvalue weighted by Crippen LogP contribution is 2.17. The minimum Gasteiger partial charge on any atom is -0.449 e. The first-order valence-electron chi connectivity index (χ1n) is 9.05. The van der Waals surface area contributed by atoms with Gasteiger partial charge in [-0.25, -0.2) is 4.79 Å². The van der Waals surface area contributed by atoms with Gasteiger partial charge in [0, 0.05) is 32.7 Å². The number of rotatable bonds is 5. The van der Waals surface area contributed by atoms with Crippen molar-refractivity contribution in [1.29, 1.82) is 0 Å². The van der Waals surface area contributed by atoms with E-state index < -0.39 is 12.1 Å². The lowest BCUT2D eigenvalue weighted by molar-refractivity contribution is -0.141. The zero-order valence-corrected chi connectivity index (χ0v) is 16.1. The Morgan fingerprint density at radius 1 is 1.00 bits per heavy atom. The predicted molar refractivity (Wildman–Crippen MR) is 105 cm³/mol. The lowest BCUT2D eigenvalue weighted by Crippen LogP contribution is -2.51. The van der Waals surface area contributed by atoms with Gasteiger partial charge in [0.05, 0.1) is 10.6 Å². The minimum absolute atomic E-state index is 0.172. The summed E-state index contributed by atoms with van der Waals surface area (Å²) >= 11 is 6.01. The fourth-order valence-corrected chi connectivity index (χ4v) is 3.34. The maximum atomic E-state index is 12.6. The molecule has 6 heteroatoms. The second-order valence-electron chi connectivity index (χ2n) is 6.61. The van der Waals surface area contributed by atoms with E-state index in [1.165, 1.54) is 5.56 Å². The first kappa shape index (κ1) is 19.4. The molecule has 2 aromatic carbocycles. The van der Waals surface area contributed by atoms with Gasteiger partial charge in [-0.05, 0) is 24.6 Å². The third-order valence-corrected chi connectivity index (χ3v) is 4.99. The van der Waals surface area contributed by atoms with Gasteiger partial charge in [0.15, 0.2) is 6.10 Å². The van der Waals surface area contributed by atoms with Crippen LogP contribution in [0.3, 0.4) is 0 Å². The summed E-state index contributed by atoms with van der Waals surface area (Å²) in [6, 6.07) is 16.9. The number of ether oxygens (including phenoxy) is 1. The number of hydrogen-bond donors (Lipinski definition) is 0. The van der Waals surface area contributed by atoms with Crippen LogP contribution < -0.4 is 0 Å². The summed E-state index contributed by atoms with van der Waals surface area (Å²) in [5.74, 6) is -0.751. The van der Waals surface area contributed by atoms with Gasteiger partial charge in [-0.1, -0.05) is 54.1 Å². The molecule has 1 saturated heterocycles. The van der Waals surface area contributed by atoms with Gasteiger partial charge in [-0.3, -0.25) is 9.69 Å². The molecule has 2 aromatic rings. The van der Waals surface area contributed by atoms with Gasteiger partial charge >= 0.3 is 5.97 Å². The molecule has 5 nitrogen and oxygen atoms in total. The van der Waals surface area contributed by atoms with Crippen molar-refractivity contribution in [2.45, 2.75) is 19.6 Å². The largest absolute Gasteiger partial charge is 0.449 e. The molecule has 0 saturated carbocycles. The SMILES string of the molecule is CC(OC(=O)c1ccccc1Cl)C(=O)N1CCN(Cc2ccccc2)CC1. The number of carbonyl (C=O) groups is 2. The fraction of sp³-hybridized carbons (Fsp3) is 0.333. The Morgan fingerprint density at radius 2 is 1.63 bits per heavy atom. The normalized spacial score (nSPS) is 16.0. The number of piperazine rings is 1. The molecule has 0 N–H and O–H groups in total. The predicted octanol–water partition coefficient (Wildman–Crippen LogP) is 3.23. The van der Waals surface area contributed by atoms with Crippen LogP contribution in [-0.4, -0.2) is 54.0 Å². The number of hydrogen-bond acceptors (Lipinski definition) is 4. The Labute approximate surface area is 164 Å². The molecule has 142 valence electrons. The van der Waals surface area contributed by atoms with Crippen molar-refractivity contribution in [2.75, 3.05) is 26.2 Å². The average Bonchev–Trinajstić information content (AvgIpc) is 2.69. The zero-order chi connectivity index (χ0) is 19.2. The number of carbonyl (C=O) groups excluding carboxylic acids is 2. The first-order valence-corrected chi connectivity index (χ1v) is 9.43. The Hall–Kier alpha value is -2.37. The number of nitrogens with zero attached hydrogens (tertiary/aromatic N) is 2. The number of amides is 1. The highest BCUT2D eigenvalue weighted by atomic mass is 35.5. The summed E-state index contributed by atoms with van der Waals surface area (Å²) in [4.78, 5) is 28.9. The zero-order valence-electron chi connectivity index (χ0n) is 15.3. The Kier molecular flexibility index (Phi) is 6.48. The quantitative estimate of drug-likeness (QED) is 0.740. The van der Waals surface area contributed by atoms with E-state index in [0.717, 1.165) is 19.6 Å². The third kappa shape index (κ3) is 5.08. The minimum atomic E-state index is -0.838. The van der Waals surface area contributed by atoms with E-state index in [0.29, 0.717) is 18.1 Å². The highest BCUT2D eigenvalue weighted by Gasteiger charge is 2.27. The molecule has 1 fully saturated rings. The van der Waals surface area contributed by atoms with Crippen LogP contribution in [0.25, 0.3) is 0 Å². The molecule has 0 spiro atoms. The number of benzene rings is 2. The van der Waals surface area contributed by atoms with Crippen LogP contribution in [0.5, 0.6) is 0 Å². The van der Waals surface area contributed by atoms with E-state index in [4.69, 9.17) is 16.3 Å². The van der Waals surface area contributed by atoms with Crippen LogP contribution in [0, 0.1) is 0 Å². The molecular weight excluding hydrogens is 364 g/mol. The highest BCUT2D eigenvalue weighted by molar-refractivity contribution is 6.33. The molecule has 0 radical (unpaired) electrons. The van der Waals surface area contributed by atoms with Crippen molar-refractivity contribution < 1.29 is 14.3 Å². The fourth-order valence-electron chi connectivity index (χ4n) is 3.13. The van der Waals surface area contributed by atoms with Crippen LogP contribution in [0.1, 0.15) is 22.8 Å². The third-order valence-electron chi connectivity index (χ3n) is 4.66. The lowest BCUT2D eigenvalue weighted by atomic mass is 10.2. The van der Waals surface area contributed by atoms with Gasteiger partial charge in [0.2, 0.25) is 0 Å². The molecule has 1 aliphatic heterocycles. The first-order chi connectivity index (χ1) is 13.0. The average molecular weight is 387 g/mol. The summed E-state index contributed by atoms with van der Waals surface area (Å²) < 4.78 is 5.33. The summed E-state index contributed by atoms with van der Waals surface area (Å²) in [6.07, 6.45) is -0.838. The van der Waals surface area contributed by atoms with Crippen molar-refractivity contribution >= 4 is 23.5 Å². The monoisotopic (exact) mass is 386 g/mol. The Balaban J connectivity index is 1.50. The van der Waals surface area contributed by atoms with Gasteiger partial charge in [-0.2, -0.15) is 0 Å². The Morgan fingerprint density at radius 3 is 2.30 bits per heavy atom. The summed E-state index contributed by atoms with van der Waals surface area (Å²) in [6.45, 7) is 5.32. The van der Waals surface area contributed by atoms with E-state index >= 15 is 0 Å². The molecule has 1 unspecified atom stereocenters. The molecule has 1 atom stereocenters. The maximum Gasteiger partial charge on any atom is 0.340 e. The molecule has 0 aliphatic carbocycles. The molecule has 0 aromatic heterocycles. The van der Waals surface area contributed by atoms with Gasteiger partial charge in [0.25, 0.3) is 5.91 Å². The maximum absolute atomic E-state index is 12.6. The number of halogens is 1. The van der Waals surface area contributed by atoms with Crippen LogP contribution >= 0.6 is 11.6 Å². The molecule has 27 heavy (non-hydrogen) atoms. The van der Waals surface area contributed by atoms with Crippen molar-refractivity contribution in [3.8, 4) is 0 Å². The second kappa shape index (κ2) is 9.02. The second-order valence-corrected chi connectivity index (χ2v) is 7.02. The van der Waals surface area contributed by atoms with E-state index in [1.807, 2.05) is 18.2 Å². The van der Waals surface area contributed by atoms with Crippen LogP contribution in [0.4, 0.5) is 0 Å². The van der Waals surface area contributed by atoms with Crippen LogP contribution in [0.15, 0.2) is 54.6 Å². The van der Waals surface area contributed by atoms with E-state index in [-0.39, 0.29) is 11.5 Å². The van der Waals surface area contributed by atoms with Gasteiger partial charge in [-0.15, -0.1) is 0 Å². The van der Waals surface area contributed by atoms with Gasteiger partial charge in [0.1, 0.15) is 0 Å². The van der Waals surface area contributed by atoms with E-state index in [9.17, 15) is 9.59 Å². The van der Waals surface area contributed by atoms with Crippen molar-refractivity contribution in [3.05, 3.63) is 70.7 Å². The molecule has 1 aliphatic rings. The topological polar surface area (TPSA) is 49.9 Å². The van der Waals surface area contributed by atoms with Crippen molar-refractivity contribution in [2.24, 2.45) is 0 Å². The molecule has 1 heterocycles. The molecule has 1 amide bonds. The molecular formula is C21H23ClN2O3. The molecule has 0 bridgehead atoms. The van der Waals surface area contributed by atoms with E-state index in [2.05, 4.69) is 17.0 Å². The smallest absolute Gasteiger partial charge is 0.340 e. The number of esters is 1. The van der Waals surface area contributed by atoms with Gasteiger partial charge < -0.3 is 9.64 Å². The summed E-state index contributed by atoms with van der Waals surface area (Å²) in [7, 11) is 0. The summed E-state index contributed by atoms with van der Waals surface area (Å²) in [5, 5.41) is 0.316. The standard InChI is InChI=1S/C21H23ClN2O3/c1-16(27-21(26)18-9-5-6-10-19(18)22)20(25)24-13-11-23(12-14-24)15-17-7-3-2-4-8-17/h2-10,16H,11-15H2,1H3. The molecule has 3 rings (SSSR count). The van der Waals surface area contributed by atoms with Crippen LogP contribution in [-0.2, 0) is 16.1 Å². The summed E-state index contributed by atoms with van der Waals surface area (Å²) in [5.41, 5.74) is 1.53.